The van der Waals surface area contributed by atoms with Gasteiger partial charge in [-0.05, 0) is 18.2 Å². The third kappa shape index (κ3) is 2.73. The number of nitrogens with one attached hydrogen (secondary N) is 1. The Bertz CT molecular complexity index is 691. The first-order chi connectivity index (χ1) is 9.24. The van der Waals surface area contributed by atoms with E-state index in [-0.39, 0.29) is 31.9 Å². The van der Waals surface area contributed by atoms with Gasteiger partial charge in [-0.1, -0.05) is 34.8 Å². The molecule has 20 heavy (non-hydrogen) atoms. The summed E-state index contributed by atoms with van der Waals surface area (Å²) in [6, 6.07) is 5.09. The lowest BCUT2D eigenvalue weighted by Gasteiger charge is -2.05. The Balaban J connectivity index is 2.64. The van der Waals surface area contributed by atoms with Gasteiger partial charge in [0.2, 0.25) is 0 Å². The number of halogens is 6. The van der Waals surface area contributed by atoms with E-state index in [1.54, 1.807) is 6.07 Å². The highest BCUT2D eigenvalue weighted by molar-refractivity contribution is 6.48. The number of aromatic nitrogens is 1. The Morgan fingerprint density at radius 2 is 1.60 bits per heavy atom. The summed E-state index contributed by atoms with van der Waals surface area (Å²) in [7, 11) is 0. The predicted molar refractivity (Wildman–Crippen MR) is 71.0 cm³/mol. The molecule has 0 fully saturated rings. The Labute approximate surface area is 126 Å². The topological polar surface area (TPSA) is 39.6 Å². The minimum absolute atomic E-state index is 0.0136. The summed E-state index contributed by atoms with van der Waals surface area (Å²) in [5.41, 5.74) is -0.949. The monoisotopic (exact) mass is 338 g/mol. The standard InChI is InChI=1S/C12H4Cl3F3N2/c13-7-1-5(2-8(14)10(7)15)11-6(4-19)3-9(20-11)12(16,17)18/h1-3,20H. The maximum atomic E-state index is 12.6. The fourth-order valence-electron chi connectivity index (χ4n) is 1.62. The molecule has 0 spiro atoms. The van der Waals surface area contributed by atoms with E-state index in [2.05, 4.69) is 4.98 Å². The molecule has 1 heterocycles. The van der Waals surface area contributed by atoms with Crippen LogP contribution in [0.3, 0.4) is 0 Å². The van der Waals surface area contributed by atoms with E-state index < -0.39 is 11.9 Å². The normalized spacial score (nSPS) is 11.4. The molecule has 104 valence electrons. The molecule has 8 heteroatoms. The average molecular weight is 340 g/mol. The number of hydrogen-bond acceptors (Lipinski definition) is 1. The van der Waals surface area contributed by atoms with Gasteiger partial charge in [-0.3, -0.25) is 0 Å². The van der Waals surface area contributed by atoms with Gasteiger partial charge in [0.1, 0.15) is 11.8 Å². The fourth-order valence-corrected chi connectivity index (χ4v) is 2.22. The lowest BCUT2D eigenvalue weighted by molar-refractivity contribution is -0.140. The third-order valence-corrected chi connectivity index (χ3v) is 3.71. The average Bonchev–Trinajstić information content (AvgIpc) is 2.79. The number of aromatic amines is 1. The highest BCUT2D eigenvalue weighted by Crippen LogP contribution is 2.38. The molecular weight excluding hydrogens is 335 g/mol. The zero-order valence-corrected chi connectivity index (χ0v) is 11.7. The highest BCUT2D eigenvalue weighted by atomic mass is 35.5. The lowest BCUT2D eigenvalue weighted by Crippen LogP contribution is -2.04. The van der Waals surface area contributed by atoms with Crippen LogP contribution in [0.15, 0.2) is 18.2 Å². The Kier molecular flexibility index (Phi) is 3.92. The molecule has 1 N–H and O–H groups in total. The summed E-state index contributed by atoms with van der Waals surface area (Å²) in [6.07, 6.45) is -4.58. The number of alkyl halides is 3. The maximum absolute atomic E-state index is 12.6. The molecule has 2 rings (SSSR count). The van der Waals surface area contributed by atoms with Crippen molar-refractivity contribution >= 4 is 34.8 Å². The van der Waals surface area contributed by atoms with Gasteiger partial charge in [0.25, 0.3) is 0 Å². The van der Waals surface area contributed by atoms with Crippen molar-refractivity contribution in [1.82, 2.24) is 4.98 Å². The number of nitrogens with zero attached hydrogens (tertiary/aromatic N) is 1. The van der Waals surface area contributed by atoms with Crippen molar-refractivity contribution in [2.45, 2.75) is 6.18 Å². The summed E-state index contributed by atoms with van der Waals surface area (Å²) < 4.78 is 37.9. The van der Waals surface area contributed by atoms with Crippen molar-refractivity contribution in [3.8, 4) is 17.3 Å². The number of rotatable bonds is 1. The molecule has 0 aliphatic heterocycles. The Morgan fingerprint density at radius 1 is 1.05 bits per heavy atom. The minimum Gasteiger partial charge on any atom is -0.350 e. The van der Waals surface area contributed by atoms with Crippen LogP contribution in [0.25, 0.3) is 11.3 Å². The van der Waals surface area contributed by atoms with Crippen molar-refractivity contribution in [3.63, 3.8) is 0 Å². The van der Waals surface area contributed by atoms with Crippen molar-refractivity contribution < 1.29 is 13.2 Å². The van der Waals surface area contributed by atoms with Crippen molar-refractivity contribution in [2.24, 2.45) is 0 Å². The van der Waals surface area contributed by atoms with E-state index in [4.69, 9.17) is 40.1 Å². The van der Waals surface area contributed by atoms with Crippen molar-refractivity contribution in [2.75, 3.05) is 0 Å². The molecule has 0 atom stereocenters. The largest absolute Gasteiger partial charge is 0.431 e. The van der Waals surface area contributed by atoms with Crippen LogP contribution in [-0.4, -0.2) is 4.98 Å². The van der Waals surface area contributed by atoms with Crippen molar-refractivity contribution in [3.05, 3.63) is 44.5 Å². The van der Waals surface area contributed by atoms with Gasteiger partial charge >= 0.3 is 6.18 Å². The third-order valence-electron chi connectivity index (χ3n) is 2.52. The summed E-state index contributed by atoms with van der Waals surface area (Å²) >= 11 is 17.4. The molecule has 0 radical (unpaired) electrons. The first kappa shape index (κ1) is 15.0. The molecule has 0 unspecified atom stereocenters. The summed E-state index contributed by atoms with van der Waals surface area (Å²) in [4.78, 5) is 2.15. The second-order valence-corrected chi connectivity index (χ2v) is 5.03. The molecule has 0 aliphatic rings. The van der Waals surface area contributed by atoms with Gasteiger partial charge in [-0.15, -0.1) is 0 Å². The molecule has 0 amide bonds. The van der Waals surface area contributed by atoms with Gasteiger partial charge in [-0.25, -0.2) is 0 Å². The first-order valence-electron chi connectivity index (χ1n) is 5.09. The zero-order valence-electron chi connectivity index (χ0n) is 9.45. The fraction of sp³-hybridized carbons (Fsp3) is 0.0833. The summed E-state index contributed by atoms with van der Waals surface area (Å²) in [6.45, 7) is 0. The van der Waals surface area contributed by atoms with Gasteiger partial charge in [0, 0.05) is 5.56 Å². The van der Waals surface area contributed by atoms with Crippen LogP contribution in [0.5, 0.6) is 0 Å². The minimum atomic E-state index is -4.58. The van der Waals surface area contributed by atoms with Crippen LogP contribution in [0.4, 0.5) is 13.2 Å². The molecule has 2 aromatic rings. The van der Waals surface area contributed by atoms with Gasteiger partial charge in [0.15, 0.2) is 0 Å². The van der Waals surface area contributed by atoms with Crippen LogP contribution in [0, 0.1) is 11.3 Å². The number of hydrogen-bond donors (Lipinski definition) is 1. The smallest absolute Gasteiger partial charge is 0.350 e. The van der Waals surface area contributed by atoms with Gasteiger partial charge < -0.3 is 4.98 Å². The van der Waals surface area contributed by atoms with E-state index in [1.165, 1.54) is 12.1 Å². The van der Waals surface area contributed by atoms with E-state index in [9.17, 15) is 13.2 Å². The van der Waals surface area contributed by atoms with Crippen molar-refractivity contribution in [1.29, 1.82) is 5.26 Å². The molecular formula is C12H4Cl3F3N2. The van der Waals surface area contributed by atoms with Crippen LogP contribution < -0.4 is 0 Å². The number of benzene rings is 1. The summed E-state index contributed by atoms with van der Waals surface area (Å²) in [5, 5.41) is 9.19. The summed E-state index contributed by atoms with van der Waals surface area (Å²) in [5.74, 6) is 0. The molecule has 2 nitrogen and oxygen atoms in total. The predicted octanol–water partition coefficient (Wildman–Crippen LogP) is 5.53. The second kappa shape index (κ2) is 5.21. The number of nitriles is 1. The highest BCUT2D eigenvalue weighted by Gasteiger charge is 2.34. The molecule has 0 saturated heterocycles. The lowest BCUT2D eigenvalue weighted by atomic mass is 10.1. The van der Waals surface area contributed by atoms with Crippen LogP contribution in [0.2, 0.25) is 15.1 Å². The first-order valence-corrected chi connectivity index (χ1v) is 6.22. The van der Waals surface area contributed by atoms with Gasteiger partial charge in [-0.2, -0.15) is 18.4 Å². The van der Waals surface area contributed by atoms with E-state index in [1.807, 2.05) is 0 Å². The Hall–Kier alpha value is -1.35. The Morgan fingerprint density at radius 3 is 2.05 bits per heavy atom. The van der Waals surface area contributed by atoms with E-state index in [0.29, 0.717) is 0 Å². The van der Waals surface area contributed by atoms with Crippen LogP contribution in [0.1, 0.15) is 11.3 Å². The molecule has 0 bridgehead atoms. The second-order valence-electron chi connectivity index (χ2n) is 3.84. The van der Waals surface area contributed by atoms with E-state index >= 15 is 0 Å². The zero-order chi connectivity index (χ0) is 15.1. The van der Waals surface area contributed by atoms with Crippen LogP contribution >= 0.6 is 34.8 Å². The molecule has 1 aromatic carbocycles. The molecule has 0 saturated carbocycles. The molecule has 1 aromatic heterocycles. The maximum Gasteiger partial charge on any atom is 0.431 e. The number of H-pyrrole nitrogens is 1. The molecule has 0 aliphatic carbocycles. The van der Waals surface area contributed by atoms with E-state index in [0.717, 1.165) is 6.07 Å². The quantitative estimate of drug-likeness (QED) is 0.681. The van der Waals surface area contributed by atoms with Gasteiger partial charge in [0.05, 0.1) is 26.3 Å². The SMILES string of the molecule is N#Cc1cc(C(F)(F)F)[nH]c1-c1cc(Cl)c(Cl)c(Cl)c1. The van der Waals surface area contributed by atoms with Crippen LogP contribution in [-0.2, 0) is 6.18 Å².